The third kappa shape index (κ3) is 6.64. The highest BCUT2D eigenvalue weighted by atomic mass is 19.1. The fourth-order valence-corrected chi connectivity index (χ4v) is 6.30. The molecule has 6 atom stereocenters. The Morgan fingerprint density at radius 2 is 1.25 bits per heavy atom. The molecule has 4 aliphatic heterocycles. The number of piperidine rings is 2. The van der Waals surface area contributed by atoms with Gasteiger partial charge in [-0.25, -0.2) is 8.78 Å². The quantitative estimate of drug-likeness (QED) is 0.554. The van der Waals surface area contributed by atoms with Crippen molar-refractivity contribution >= 4 is 0 Å². The van der Waals surface area contributed by atoms with E-state index in [-0.39, 0.29) is 24.0 Å². The smallest absolute Gasteiger partial charge is 0.108 e. The Balaban J connectivity index is 1.19. The highest BCUT2D eigenvalue weighted by Crippen LogP contribution is 2.33. The second kappa shape index (κ2) is 11.9. The standard InChI is InChI=1S/C26H46F2N2O2/c1-19-5-11-29(12-6-19)18-26-22(24(28)10-16-32-26)4-3-21-7-13-30(14-8-21)17-25-20(2)23(27)9-15-31-25/h19-26H,3-18H2,1-2H3. The average Bonchev–Trinajstić information content (AvgIpc) is 2.79. The zero-order chi connectivity index (χ0) is 22.5. The van der Waals surface area contributed by atoms with Crippen molar-refractivity contribution in [3.63, 3.8) is 0 Å². The summed E-state index contributed by atoms with van der Waals surface area (Å²) in [4.78, 5) is 4.96. The number of nitrogens with zero attached hydrogens (tertiary/aromatic N) is 2. The molecule has 186 valence electrons. The van der Waals surface area contributed by atoms with Gasteiger partial charge in [-0.3, -0.25) is 0 Å². The van der Waals surface area contributed by atoms with E-state index in [1.807, 2.05) is 6.92 Å². The number of alkyl halides is 2. The van der Waals surface area contributed by atoms with Crippen LogP contribution in [-0.4, -0.2) is 86.8 Å². The Morgan fingerprint density at radius 3 is 1.94 bits per heavy atom. The second-order valence-corrected chi connectivity index (χ2v) is 11.3. The van der Waals surface area contributed by atoms with E-state index in [4.69, 9.17) is 9.47 Å². The van der Waals surface area contributed by atoms with E-state index in [1.165, 1.54) is 25.7 Å². The van der Waals surface area contributed by atoms with Crippen molar-refractivity contribution < 1.29 is 18.3 Å². The molecule has 32 heavy (non-hydrogen) atoms. The molecule has 0 spiro atoms. The minimum Gasteiger partial charge on any atom is -0.376 e. The van der Waals surface area contributed by atoms with Gasteiger partial charge in [-0.05, 0) is 76.5 Å². The Hall–Kier alpha value is -0.300. The van der Waals surface area contributed by atoms with Crippen LogP contribution >= 0.6 is 0 Å². The summed E-state index contributed by atoms with van der Waals surface area (Å²) >= 11 is 0. The summed E-state index contributed by atoms with van der Waals surface area (Å²) in [6, 6.07) is 0. The van der Waals surface area contributed by atoms with Crippen LogP contribution in [0.1, 0.15) is 65.2 Å². The highest BCUT2D eigenvalue weighted by Gasteiger charge is 2.37. The fourth-order valence-electron chi connectivity index (χ4n) is 6.30. The first-order valence-corrected chi connectivity index (χ1v) is 13.5. The summed E-state index contributed by atoms with van der Waals surface area (Å²) < 4.78 is 40.9. The van der Waals surface area contributed by atoms with Crippen LogP contribution in [0.3, 0.4) is 0 Å². The van der Waals surface area contributed by atoms with Crippen LogP contribution in [0.2, 0.25) is 0 Å². The summed E-state index contributed by atoms with van der Waals surface area (Å²) in [7, 11) is 0. The average molecular weight is 457 g/mol. The lowest BCUT2D eigenvalue weighted by atomic mass is 9.82. The van der Waals surface area contributed by atoms with Crippen LogP contribution in [0.25, 0.3) is 0 Å². The van der Waals surface area contributed by atoms with Crippen LogP contribution in [0.15, 0.2) is 0 Å². The summed E-state index contributed by atoms with van der Waals surface area (Å²) in [6.45, 7) is 11.6. The van der Waals surface area contributed by atoms with E-state index in [0.29, 0.717) is 32.0 Å². The Labute approximate surface area is 194 Å². The molecular weight excluding hydrogens is 410 g/mol. The van der Waals surface area contributed by atoms with Gasteiger partial charge in [-0.1, -0.05) is 13.8 Å². The Kier molecular flexibility index (Phi) is 9.23. The molecule has 0 amide bonds. The van der Waals surface area contributed by atoms with Crippen molar-refractivity contribution in [2.45, 2.75) is 89.8 Å². The normalized spacial score (nSPS) is 39.4. The van der Waals surface area contributed by atoms with Gasteiger partial charge in [0, 0.05) is 51.0 Å². The molecule has 4 heterocycles. The maximum Gasteiger partial charge on any atom is 0.108 e. The second-order valence-electron chi connectivity index (χ2n) is 11.3. The molecule has 4 fully saturated rings. The molecule has 0 bridgehead atoms. The minimum absolute atomic E-state index is 0.00527. The van der Waals surface area contributed by atoms with E-state index in [1.54, 1.807) is 0 Å². The van der Waals surface area contributed by atoms with Crippen molar-refractivity contribution in [1.29, 1.82) is 0 Å². The molecule has 4 saturated heterocycles. The summed E-state index contributed by atoms with van der Waals surface area (Å²) in [6.07, 6.45) is 6.66. The zero-order valence-corrected chi connectivity index (χ0v) is 20.4. The van der Waals surface area contributed by atoms with Crippen LogP contribution in [0.5, 0.6) is 0 Å². The lowest BCUT2D eigenvalue weighted by Gasteiger charge is -2.41. The van der Waals surface area contributed by atoms with Gasteiger partial charge in [0.1, 0.15) is 12.3 Å². The topological polar surface area (TPSA) is 24.9 Å². The van der Waals surface area contributed by atoms with Crippen molar-refractivity contribution in [1.82, 2.24) is 9.80 Å². The van der Waals surface area contributed by atoms with Crippen LogP contribution in [0.4, 0.5) is 8.78 Å². The van der Waals surface area contributed by atoms with Crippen LogP contribution < -0.4 is 0 Å². The van der Waals surface area contributed by atoms with Gasteiger partial charge in [-0.15, -0.1) is 0 Å². The van der Waals surface area contributed by atoms with E-state index >= 15 is 0 Å². The number of likely N-dealkylation sites (tertiary alicyclic amines) is 2. The maximum atomic E-state index is 14.9. The number of hydrogen-bond acceptors (Lipinski definition) is 4. The first-order chi connectivity index (χ1) is 15.5. The lowest BCUT2D eigenvalue weighted by Crippen LogP contribution is -2.47. The largest absolute Gasteiger partial charge is 0.376 e. The minimum atomic E-state index is -0.723. The molecule has 0 aromatic heterocycles. The predicted molar refractivity (Wildman–Crippen MR) is 124 cm³/mol. The molecule has 0 aliphatic carbocycles. The molecule has 6 unspecified atom stereocenters. The van der Waals surface area contributed by atoms with Gasteiger partial charge in [0.05, 0.1) is 12.2 Å². The van der Waals surface area contributed by atoms with Gasteiger partial charge in [0.2, 0.25) is 0 Å². The number of halogens is 2. The molecule has 0 saturated carbocycles. The van der Waals surface area contributed by atoms with Gasteiger partial charge in [0.25, 0.3) is 0 Å². The highest BCUT2D eigenvalue weighted by molar-refractivity contribution is 4.87. The molecule has 4 rings (SSSR count). The number of rotatable bonds is 7. The van der Waals surface area contributed by atoms with Gasteiger partial charge in [0.15, 0.2) is 0 Å². The SMILES string of the molecule is CC1CCN(CC2OCCC(F)C2CCC2CCN(CC3OCCC(F)C3C)CC2)CC1. The summed E-state index contributed by atoms with van der Waals surface area (Å²) in [5.41, 5.74) is 0. The zero-order valence-electron chi connectivity index (χ0n) is 20.4. The number of ether oxygens (including phenoxy) is 2. The summed E-state index contributed by atoms with van der Waals surface area (Å²) in [5.74, 6) is 1.55. The Morgan fingerprint density at radius 1 is 0.688 bits per heavy atom. The first-order valence-electron chi connectivity index (χ1n) is 13.5. The van der Waals surface area contributed by atoms with Crippen LogP contribution in [0, 0.1) is 23.7 Å². The maximum absolute atomic E-state index is 14.9. The molecule has 6 heteroatoms. The van der Waals surface area contributed by atoms with Crippen molar-refractivity contribution in [3.05, 3.63) is 0 Å². The lowest BCUT2D eigenvalue weighted by molar-refractivity contribution is -0.0862. The molecule has 0 aromatic carbocycles. The third-order valence-electron chi connectivity index (χ3n) is 8.92. The molecule has 0 aromatic rings. The van der Waals surface area contributed by atoms with Gasteiger partial charge in [-0.2, -0.15) is 0 Å². The Bertz CT molecular complexity index is 552. The van der Waals surface area contributed by atoms with Crippen molar-refractivity contribution in [2.75, 3.05) is 52.5 Å². The summed E-state index contributed by atoms with van der Waals surface area (Å²) in [5, 5.41) is 0. The molecular formula is C26H46F2N2O2. The van der Waals surface area contributed by atoms with E-state index in [0.717, 1.165) is 58.0 Å². The van der Waals surface area contributed by atoms with Crippen molar-refractivity contribution in [3.8, 4) is 0 Å². The fraction of sp³-hybridized carbons (Fsp3) is 1.00. The van der Waals surface area contributed by atoms with E-state index in [9.17, 15) is 8.78 Å². The molecule has 4 aliphatic rings. The molecule has 4 nitrogen and oxygen atoms in total. The predicted octanol–water partition coefficient (Wildman–Crippen LogP) is 4.72. The van der Waals surface area contributed by atoms with E-state index < -0.39 is 12.3 Å². The van der Waals surface area contributed by atoms with Gasteiger partial charge >= 0.3 is 0 Å². The number of hydrogen-bond donors (Lipinski definition) is 0. The third-order valence-corrected chi connectivity index (χ3v) is 8.92. The first kappa shape index (κ1) is 24.8. The van der Waals surface area contributed by atoms with Crippen molar-refractivity contribution in [2.24, 2.45) is 23.7 Å². The van der Waals surface area contributed by atoms with Gasteiger partial charge < -0.3 is 19.3 Å². The van der Waals surface area contributed by atoms with Crippen LogP contribution in [-0.2, 0) is 9.47 Å². The molecule has 0 radical (unpaired) electrons. The van der Waals surface area contributed by atoms with E-state index in [2.05, 4.69) is 16.7 Å². The monoisotopic (exact) mass is 456 g/mol. The molecule has 0 N–H and O–H groups in total.